The summed E-state index contributed by atoms with van der Waals surface area (Å²) in [5.41, 5.74) is 0. The van der Waals surface area contributed by atoms with Gasteiger partial charge in [0.25, 0.3) is 0 Å². The highest BCUT2D eigenvalue weighted by atomic mass is 127. The highest BCUT2D eigenvalue weighted by Gasteiger charge is 2.03. The van der Waals surface area contributed by atoms with Crippen molar-refractivity contribution in [2.75, 3.05) is 0 Å². The molecule has 1 nitrogen and oxygen atoms in total. The molecule has 0 aliphatic heterocycles. The third-order valence-corrected chi connectivity index (χ3v) is 3.28. The molecule has 10 heavy (non-hydrogen) atoms. The Kier molecular flexibility index (Phi) is 2.51. The average molecular weight is 317 g/mol. The fourth-order valence-electron chi connectivity index (χ4n) is 0.512. The first-order valence-electron chi connectivity index (χ1n) is 2.45. The maximum Gasteiger partial charge on any atom is 0.165 e. The summed E-state index contributed by atoms with van der Waals surface area (Å²) in [4.78, 5) is 0. The van der Waals surface area contributed by atoms with Gasteiger partial charge >= 0.3 is 0 Å². The number of benzene rings is 1. The van der Waals surface area contributed by atoms with Gasteiger partial charge in [-0.1, -0.05) is 0 Å². The Morgan fingerprint density at radius 1 is 1.50 bits per heavy atom. The summed E-state index contributed by atoms with van der Waals surface area (Å²) in [6.07, 6.45) is 0. The fraction of sp³-hybridized carbons (Fsp3) is 0. The molecule has 54 valence electrons. The first kappa shape index (κ1) is 8.26. The van der Waals surface area contributed by atoms with Crippen molar-refractivity contribution in [3.63, 3.8) is 0 Å². The Labute approximate surface area is 79.5 Å². The summed E-state index contributed by atoms with van der Waals surface area (Å²) in [5, 5.41) is 8.82. The van der Waals surface area contributed by atoms with E-state index in [1.54, 1.807) is 0 Å². The largest absolute Gasteiger partial charge is 0.505 e. The van der Waals surface area contributed by atoms with Crippen molar-refractivity contribution in [1.82, 2.24) is 0 Å². The normalized spacial score (nSPS) is 9.90. The standard InChI is InChI=1S/C6H3BrFIO/c7-3-1-4(8)6(10)2-5(3)9/h1-2,10H. The first-order valence-corrected chi connectivity index (χ1v) is 4.32. The van der Waals surface area contributed by atoms with Crippen molar-refractivity contribution in [3.05, 3.63) is 26.0 Å². The molecule has 0 unspecified atom stereocenters. The number of phenolic OH excluding ortho intramolecular Hbond substituents is 1. The molecule has 0 aliphatic rings. The van der Waals surface area contributed by atoms with Crippen LogP contribution in [0.25, 0.3) is 0 Å². The Hall–Kier alpha value is 0.160. The van der Waals surface area contributed by atoms with E-state index in [1.807, 2.05) is 22.6 Å². The van der Waals surface area contributed by atoms with Gasteiger partial charge in [0.15, 0.2) is 11.6 Å². The predicted octanol–water partition coefficient (Wildman–Crippen LogP) is 2.90. The lowest BCUT2D eigenvalue weighted by atomic mass is 10.3. The zero-order chi connectivity index (χ0) is 7.72. The van der Waals surface area contributed by atoms with Crippen molar-refractivity contribution in [2.24, 2.45) is 0 Å². The number of rotatable bonds is 0. The fourth-order valence-corrected chi connectivity index (χ4v) is 1.28. The van der Waals surface area contributed by atoms with Gasteiger partial charge in [-0.15, -0.1) is 0 Å². The van der Waals surface area contributed by atoms with Crippen LogP contribution in [0, 0.1) is 9.39 Å². The van der Waals surface area contributed by atoms with E-state index < -0.39 is 5.82 Å². The molecule has 0 fully saturated rings. The van der Waals surface area contributed by atoms with Gasteiger partial charge in [0.2, 0.25) is 0 Å². The van der Waals surface area contributed by atoms with Gasteiger partial charge in [0, 0.05) is 8.04 Å². The maximum atomic E-state index is 12.5. The second-order valence-electron chi connectivity index (χ2n) is 1.72. The Bertz CT molecular complexity index is 214. The Balaban J connectivity index is 3.28. The van der Waals surface area contributed by atoms with Crippen LogP contribution in [0.2, 0.25) is 0 Å². The van der Waals surface area contributed by atoms with E-state index in [1.165, 1.54) is 12.1 Å². The molecule has 0 aliphatic carbocycles. The van der Waals surface area contributed by atoms with Gasteiger partial charge in [0.05, 0.1) is 0 Å². The second kappa shape index (κ2) is 3.04. The molecule has 1 N–H and O–H groups in total. The minimum Gasteiger partial charge on any atom is -0.505 e. The molecule has 0 radical (unpaired) electrons. The number of phenols is 1. The van der Waals surface area contributed by atoms with Crippen LogP contribution in [0.1, 0.15) is 0 Å². The molecule has 1 aromatic carbocycles. The van der Waals surface area contributed by atoms with Crippen LogP contribution in [0.5, 0.6) is 5.75 Å². The van der Waals surface area contributed by atoms with Crippen LogP contribution in [-0.2, 0) is 0 Å². The summed E-state index contributed by atoms with van der Waals surface area (Å²) in [5.74, 6) is -0.917. The summed E-state index contributed by atoms with van der Waals surface area (Å²) in [7, 11) is 0. The van der Waals surface area contributed by atoms with E-state index in [4.69, 9.17) is 5.11 Å². The molecule has 0 aromatic heterocycles. The predicted molar refractivity (Wildman–Crippen MR) is 48.5 cm³/mol. The molecular weight excluding hydrogens is 314 g/mol. The van der Waals surface area contributed by atoms with Crippen molar-refractivity contribution >= 4 is 38.5 Å². The molecule has 0 amide bonds. The van der Waals surface area contributed by atoms with Crippen LogP contribution in [0.4, 0.5) is 4.39 Å². The van der Waals surface area contributed by atoms with E-state index in [-0.39, 0.29) is 5.75 Å². The average Bonchev–Trinajstić information content (AvgIpc) is 1.84. The summed E-state index contributed by atoms with van der Waals surface area (Å²) >= 11 is 5.11. The summed E-state index contributed by atoms with van der Waals surface area (Å²) < 4.78 is 13.9. The summed E-state index contributed by atoms with van der Waals surface area (Å²) in [6, 6.07) is 2.59. The van der Waals surface area contributed by atoms with E-state index in [0.29, 0.717) is 4.47 Å². The molecule has 1 rings (SSSR count). The van der Waals surface area contributed by atoms with Crippen LogP contribution >= 0.6 is 38.5 Å². The van der Waals surface area contributed by atoms with Crippen LogP contribution in [0.15, 0.2) is 16.6 Å². The van der Waals surface area contributed by atoms with Crippen LogP contribution in [0.3, 0.4) is 0 Å². The molecule has 4 heteroatoms. The van der Waals surface area contributed by atoms with E-state index in [9.17, 15) is 4.39 Å². The van der Waals surface area contributed by atoms with Crippen LogP contribution < -0.4 is 0 Å². The molecule has 0 saturated heterocycles. The van der Waals surface area contributed by atoms with Gasteiger partial charge in [-0.3, -0.25) is 0 Å². The smallest absolute Gasteiger partial charge is 0.165 e. The first-order chi connectivity index (χ1) is 4.61. The Morgan fingerprint density at radius 3 is 2.60 bits per heavy atom. The zero-order valence-corrected chi connectivity index (χ0v) is 8.48. The van der Waals surface area contributed by atoms with Crippen LogP contribution in [-0.4, -0.2) is 5.11 Å². The van der Waals surface area contributed by atoms with Gasteiger partial charge in [0.1, 0.15) is 0 Å². The monoisotopic (exact) mass is 316 g/mol. The zero-order valence-electron chi connectivity index (χ0n) is 4.74. The molecule has 0 atom stereocenters. The lowest BCUT2D eigenvalue weighted by molar-refractivity contribution is 0.431. The molecular formula is C6H3BrFIO. The molecule has 0 saturated carbocycles. The third kappa shape index (κ3) is 1.60. The number of hydrogen-bond acceptors (Lipinski definition) is 1. The SMILES string of the molecule is Oc1cc(I)c(Br)cc1F. The highest BCUT2D eigenvalue weighted by molar-refractivity contribution is 14.1. The third-order valence-electron chi connectivity index (χ3n) is 0.990. The van der Waals surface area contributed by atoms with Gasteiger partial charge < -0.3 is 5.11 Å². The topological polar surface area (TPSA) is 20.2 Å². The van der Waals surface area contributed by atoms with Crippen molar-refractivity contribution < 1.29 is 9.50 Å². The number of halogens is 3. The molecule has 1 aromatic rings. The van der Waals surface area contributed by atoms with Crippen molar-refractivity contribution in [3.8, 4) is 5.75 Å². The second-order valence-corrected chi connectivity index (χ2v) is 3.73. The molecule has 0 spiro atoms. The minimum absolute atomic E-state index is 0.312. The maximum absolute atomic E-state index is 12.5. The minimum atomic E-state index is -0.604. The number of hydrogen-bond donors (Lipinski definition) is 1. The Morgan fingerprint density at radius 2 is 2.10 bits per heavy atom. The van der Waals surface area contributed by atoms with E-state index in [0.717, 1.165) is 3.57 Å². The van der Waals surface area contributed by atoms with Gasteiger partial charge in [-0.05, 0) is 50.7 Å². The van der Waals surface area contributed by atoms with Crippen molar-refractivity contribution in [1.29, 1.82) is 0 Å². The summed E-state index contributed by atoms with van der Waals surface area (Å²) in [6.45, 7) is 0. The highest BCUT2D eigenvalue weighted by Crippen LogP contribution is 2.25. The van der Waals surface area contributed by atoms with E-state index >= 15 is 0 Å². The lowest BCUT2D eigenvalue weighted by Gasteiger charge is -1.97. The number of aromatic hydroxyl groups is 1. The van der Waals surface area contributed by atoms with Crippen molar-refractivity contribution in [2.45, 2.75) is 0 Å². The van der Waals surface area contributed by atoms with E-state index in [2.05, 4.69) is 15.9 Å². The van der Waals surface area contributed by atoms with Gasteiger partial charge in [-0.25, -0.2) is 4.39 Å². The quantitative estimate of drug-likeness (QED) is 0.576. The lowest BCUT2D eigenvalue weighted by Crippen LogP contribution is -1.79. The molecule has 0 bridgehead atoms. The molecule has 0 heterocycles. The van der Waals surface area contributed by atoms with Gasteiger partial charge in [-0.2, -0.15) is 0 Å².